The maximum absolute atomic E-state index is 12.7. The highest BCUT2D eigenvalue weighted by Gasteiger charge is 2.27. The molecule has 0 bridgehead atoms. The molecule has 6 heteroatoms. The van der Waals surface area contributed by atoms with E-state index in [4.69, 9.17) is 9.84 Å². The number of benzene rings is 1. The van der Waals surface area contributed by atoms with Crippen molar-refractivity contribution in [3.63, 3.8) is 0 Å². The molecule has 2 aromatic rings. The number of hydrogen-bond acceptors (Lipinski definition) is 3. The summed E-state index contributed by atoms with van der Waals surface area (Å²) in [6, 6.07) is 7.61. The number of nitrogens with zero attached hydrogens (tertiary/aromatic N) is 1. The molecule has 0 radical (unpaired) electrons. The molecule has 1 amide bonds. The lowest BCUT2D eigenvalue weighted by molar-refractivity contribution is -0.136. The third-order valence-corrected chi connectivity index (χ3v) is 4.81. The average Bonchev–Trinajstić information content (AvgIpc) is 2.88. The first-order valence-electron chi connectivity index (χ1n) is 9.50. The Morgan fingerprint density at radius 1 is 1.26 bits per heavy atom. The first kappa shape index (κ1) is 19.3. The van der Waals surface area contributed by atoms with Crippen LogP contribution in [-0.4, -0.2) is 39.2 Å². The molecule has 1 aromatic carbocycles. The van der Waals surface area contributed by atoms with Gasteiger partial charge in [0.05, 0.1) is 13.0 Å². The summed E-state index contributed by atoms with van der Waals surface area (Å²) in [5, 5.41) is 9.97. The van der Waals surface area contributed by atoms with Gasteiger partial charge in [0.2, 0.25) is 0 Å². The standard InChI is InChI=1S/C21H28N2O4/c1-21(2,3)27-20(26)23(12-14-5-4-6-14)13-17-11-16-8-7-15(10-19(24)25)9-18(16)22-17/h7-9,11,14,22H,4-6,10,12-13H2,1-3H3,(H,24,25). The number of fused-ring (bicyclic) bond motifs is 1. The fraction of sp³-hybridized carbons (Fsp3) is 0.524. The molecule has 6 nitrogen and oxygen atoms in total. The monoisotopic (exact) mass is 372 g/mol. The summed E-state index contributed by atoms with van der Waals surface area (Å²) in [5.74, 6) is -0.304. The van der Waals surface area contributed by atoms with E-state index in [9.17, 15) is 9.59 Å². The van der Waals surface area contributed by atoms with E-state index in [1.54, 1.807) is 4.90 Å². The molecular formula is C21H28N2O4. The minimum Gasteiger partial charge on any atom is -0.481 e. The SMILES string of the molecule is CC(C)(C)OC(=O)N(Cc1cc2ccc(CC(=O)O)cc2[nH]1)CC1CCC1. The second kappa shape index (κ2) is 7.62. The first-order chi connectivity index (χ1) is 12.7. The number of carboxylic acid groups (broad SMARTS) is 1. The van der Waals surface area contributed by atoms with Gasteiger partial charge in [0.15, 0.2) is 0 Å². The molecule has 27 heavy (non-hydrogen) atoms. The Bertz CT molecular complexity index is 830. The van der Waals surface area contributed by atoms with Crippen LogP contribution in [0.25, 0.3) is 10.9 Å². The van der Waals surface area contributed by atoms with Crippen LogP contribution in [0.4, 0.5) is 4.79 Å². The van der Waals surface area contributed by atoms with Gasteiger partial charge in [0, 0.05) is 17.8 Å². The number of aromatic amines is 1. The summed E-state index contributed by atoms with van der Waals surface area (Å²) in [5.41, 5.74) is 2.03. The van der Waals surface area contributed by atoms with Gasteiger partial charge in [-0.1, -0.05) is 18.6 Å². The fourth-order valence-electron chi connectivity index (χ4n) is 3.33. The average molecular weight is 372 g/mol. The van der Waals surface area contributed by atoms with Gasteiger partial charge in [0.1, 0.15) is 5.60 Å². The number of carboxylic acids is 1. The predicted molar refractivity (Wildman–Crippen MR) is 104 cm³/mol. The van der Waals surface area contributed by atoms with Crippen molar-refractivity contribution in [1.29, 1.82) is 0 Å². The Morgan fingerprint density at radius 2 is 2.00 bits per heavy atom. The van der Waals surface area contributed by atoms with Crippen LogP contribution in [0.3, 0.4) is 0 Å². The van der Waals surface area contributed by atoms with E-state index in [-0.39, 0.29) is 12.5 Å². The third kappa shape index (κ3) is 5.25. The molecule has 2 N–H and O–H groups in total. The van der Waals surface area contributed by atoms with E-state index < -0.39 is 11.6 Å². The zero-order chi connectivity index (χ0) is 19.6. The van der Waals surface area contributed by atoms with Crippen molar-refractivity contribution in [2.24, 2.45) is 5.92 Å². The minimum atomic E-state index is -0.849. The Kier molecular flexibility index (Phi) is 5.44. The molecule has 1 aliphatic rings. The molecule has 0 atom stereocenters. The van der Waals surface area contributed by atoms with Crippen molar-refractivity contribution in [1.82, 2.24) is 9.88 Å². The zero-order valence-electron chi connectivity index (χ0n) is 16.2. The Labute approximate surface area is 159 Å². The van der Waals surface area contributed by atoms with E-state index in [2.05, 4.69) is 4.98 Å². The van der Waals surface area contributed by atoms with Gasteiger partial charge < -0.3 is 19.7 Å². The van der Waals surface area contributed by atoms with Gasteiger partial charge in [0.25, 0.3) is 0 Å². The lowest BCUT2D eigenvalue weighted by atomic mass is 9.85. The second-order valence-electron chi connectivity index (χ2n) is 8.44. The normalized spacial score (nSPS) is 14.8. The number of hydrogen-bond donors (Lipinski definition) is 2. The van der Waals surface area contributed by atoms with E-state index in [0.717, 1.165) is 35.0 Å². The number of H-pyrrole nitrogens is 1. The van der Waals surface area contributed by atoms with E-state index in [0.29, 0.717) is 19.0 Å². The molecule has 146 valence electrons. The Balaban J connectivity index is 1.77. The van der Waals surface area contributed by atoms with Crippen LogP contribution in [0.2, 0.25) is 0 Å². The molecule has 0 unspecified atom stereocenters. The molecule has 1 heterocycles. The van der Waals surface area contributed by atoms with Gasteiger partial charge in [-0.05, 0) is 62.6 Å². The van der Waals surface area contributed by atoms with Gasteiger partial charge in [-0.3, -0.25) is 4.79 Å². The van der Waals surface area contributed by atoms with Crippen LogP contribution in [0, 0.1) is 5.92 Å². The van der Waals surface area contributed by atoms with E-state index >= 15 is 0 Å². The van der Waals surface area contributed by atoms with Gasteiger partial charge in [-0.25, -0.2) is 4.79 Å². The van der Waals surface area contributed by atoms with Crippen LogP contribution in [0.5, 0.6) is 0 Å². The van der Waals surface area contributed by atoms with Gasteiger partial charge in [-0.2, -0.15) is 0 Å². The van der Waals surface area contributed by atoms with Crippen molar-refractivity contribution in [2.75, 3.05) is 6.54 Å². The molecule has 0 saturated heterocycles. The highest BCUT2D eigenvalue weighted by atomic mass is 16.6. The molecule has 1 aliphatic carbocycles. The number of aliphatic carboxylic acids is 1. The molecule has 1 fully saturated rings. The van der Waals surface area contributed by atoms with Crippen LogP contribution < -0.4 is 0 Å². The molecule has 1 saturated carbocycles. The summed E-state index contributed by atoms with van der Waals surface area (Å²) >= 11 is 0. The topological polar surface area (TPSA) is 82.6 Å². The van der Waals surface area contributed by atoms with E-state index in [1.807, 2.05) is 45.0 Å². The second-order valence-corrected chi connectivity index (χ2v) is 8.44. The predicted octanol–water partition coefficient (Wildman–Crippen LogP) is 4.33. The number of nitrogens with one attached hydrogen (secondary N) is 1. The molecule has 1 aromatic heterocycles. The summed E-state index contributed by atoms with van der Waals surface area (Å²) in [7, 11) is 0. The third-order valence-electron chi connectivity index (χ3n) is 4.81. The van der Waals surface area contributed by atoms with Crippen molar-refractivity contribution in [3.8, 4) is 0 Å². The largest absolute Gasteiger partial charge is 0.481 e. The molecule has 0 aliphatic heterocycles. The van der Waals surface area contributed by atoms with Crippen LogP contribution in [-0.2, 0) is 22.5 Å². The summed E-state index contributed by atoms with van der Waals surface area (Å²) < 4.78 is 5.59. The first-order valence-corrected chi connectivity index (χ1v) is 9.50. The Morgan fingerprint density at radius 3 is 2.59 bits per heavy atom. The maximum Gasteiger partial charge on any atom is 0.410 e. The van der Waals surface area contributed by atoms with Crippen molar-refractivity contribution < 1.29 is 19.4 Å². The fourth-order valence-corrected chi connectivity index (χ4v) is 3.33. The van der Waals surface area contributed by atoms with Crippen molar-refractivity contribution in [2.45, 2.75) is 58.6 Å². The van der Waals surface area contributed by atoms with Crippen LogP contribution in [0.15, 0.2) is 24.3 Å². The number of carbonyl (C=O) groups excluding carboxylic acids is 1. The lowest BCUT2D eigenvalue weighted by Gasteiger charge is -2.33. The summed E-state index contributed by atoms with van der Waals surface area (Å²) in [6.07, 6.45) is 3.25. The summed E-state index contributed by atoms with van der Waals surface area (Å²) in [6.45, 7) is 6.78. The maximum atomic E-state index is 12.7. The number of carbonyl (C=O) groups is 2. The number of rotatable bonds is 6. The number of amides is 1. The molecule has 0 spiro atoms. The van der Waals surface area contributed by atoms with Crippen LogP contribution >= 0.6 is 0 Å². The number of ether oxygens (including phenoxy) is 1. The lowest BCUT2D eigenvalue weighted by Crippen LogP contribution is -2.40. The van der Waals surface area contributed by atoms with Crippen LogP contribution in [0.1, 0.15) is 51.3 Å². The highest BCUT2D eigenvalue weighted by Crippen LogP contribution is 2.28. The minimum absolute atomic E-state index is 0.00396. The zero-order valence-corrected chi connectivity index (χ0v) is 16.2. The Hall–Kier alpha value is -2.50. The van der Waals surface area contributed by atoms with Gasteiger partial charge in [-0.15, -0.1) is 0 Å². The quantitative estimate of drug-likeness (QED) is 0.790. The molecular weight excluding hydrogens is 344 g/mol. The smallest absolute Gasteiger partial charge is 0.410 e. The number of aromatic nitrogens is 1. The van der Waals surface area contributed by atoms with Crippen molar-refractivity contribution >= 4 is 23.0 Å². The molecule has 3 rings (SSSR count). The summed E-state index contributed by atoms with van der Waals surface area (Å²) in [4.78, 5) is 28.7. The van der Waals surface area contributed by atoms with Gasteiger partial charge >= 0.3 is 12.1 Å². The van der Waals surface area contributed by atoms with Crippen molar-refractivity contribution in [3.05, 3.63) is 35.5 Å². The highest BCUT2D eigenvalue weighted by molar-refractivity contribution is 5.82. The van der Waals surface area contributed by atoms with E-state index in [1.165, 1.54) is 6.42 Å².